The second-order valence-electron chi connectivity index (χ2n) is 3.68. The number of fused-ring (bicyclic) bond motifs is 4. The highest BCUT2D eigenvalue weighted by Crippen LogP contribution is 2.51. The predicted molar refractivity (Wildman–Crippen MR) is 54.7 cm³/mol. The van der Waals surface area contributed by atoms with E-state index < -0.39 is 11.7 Å². The maximum absolute atomic E-state index is 12.7. The molecule has 0 bridgehead atoms. The molecular weight excluding hydrogens is 213 g/mol. The van der Waals surface area contributed by atoms with Crippen molar-refractivity contribution in [2.45, 2.75) is 6.18 Å². The lowest BCUT2D eigenvalue weighted by atomic mass is 9.78. The van der Waals surface area contributed by atoms with Gasteiger partial charge in [-0.1, -0.05) is 36.4 Å². The summed E-state index contributed by atoms with van der Waals surface area (Å²) in [4.78, 5) is 0. The van der Waals surface area contributed by atoms with Crippen LogP contribution < -0.4 is 0 Å². The van der Waals surface area contributed by atoms with Gasteiger partial charge in [0, 0.05) is 5.56 Å². The number of alkyl halides is 3. The van der Waals surface area contributed by atoms with Crippen molar-refractivity contribution in [1.29, 1.82) is 0 Å². The van der Waals surface area contributed by atoms with Crippen LogP contribution in [0.25, 0.3) is 22.3 Å². The minimum Gasteiger partial charge on any atom is -0.166 e. The fourth-order valence-electron chi connectivity index (χ4n) is 2.10. The molecule has 0 nitrogen and oxygen atoms in total. The molecule has 3 heteroatoms. The molecule has 0 unspecified atom stereocenters. The quantitative estimate of drug-likeness (QED) is 0.532. The van der Waals surface area contributed by atoms with E-state index in [1.807, 2.05) is 12.1 Å². The lowest BCUT2D eigenvalue weighted by Gasteiger charge is -2.27. The minimum atomic E-state index is -4.33. The monoisotopic (exact) mass is 219 g/mol. The molecule has 16 heavy (non-hydrogen) atoms. The van der Waals surface area contributed by atoms with Gasteiger partial charge in [-0.25, -0.2) is 0 Å². The molecule has 0 spiro atoms. The van der Waals surface area contributed by atoms with Crippen LogP contribution in [0, 0.1) is 6.07 Å². The van der Waals surface area contributed by atoms with Crippen LogP contribution in [0.1, 0.15) is 5.56 Å². The van der Waals surface area contributed by atoms with Gasteiger partial charge in [-0.05, 0) is 22.8 Å². The second kappa shape index (κ2) is 2.88. The van der Waals surface area contributed by atoms with Crippen molar-refractivity contribution in [3.05, 3.63) is 48.0 Å². The Bertz CT molecular complexity index is 568. The van der Waals surface area contributed by atoms with Crippen LogP contribution in [-0.4, -0.2) is 0 Å². The third-order valence-corrected chi connectivity index (χ3v) is 2.77. The predicted octanol–water partition coefficient (Wildman–Crippen LogP) is 4.15. The summed E-state index contributed by atoms with van der Waals surface area (Å²) in [5, 5.41) is 0. The van der Waals surface area contributed by atoms with Gasteiger partial charge in [0.1, 0.15) is 0 Å². The second-order valence-corrected chi connectivity index (χ2v) is 3.68. The molecule has 3 rings (SSSR count). The average Bonchev–Trinajstić information content (AvgIpc) is 2.23. The molecule has 0 heterocycles. The Balaban J connectivity index is 2.26. The first-order valence-corrected chi connectivity index (χ1v) is 4.80. The fourth-order valence-corrected chi connectivity index (χ4v) is 2.10. The van der Waals surface area contributed by atoms with Crippen molar-refractivity contribution in [2.24, 2.45) is 0 Å². The average molecular weight is 219 g/mol. The first-order valence-electron chi connectivity index (χ1n) is 4.80. The zero-order valence-electron chi connectivity index (χ0n) is 8.10. The largest absolute Gasteiger partial charge is 0.417 e. The molecule has 0 amide bonds. The van der Waals surface area contributed by atoms with Gasteiger partial charge in [0.05, 0.1) is 5.56 Å². The van der Waals surface area contributed by atoms with E-state index in [1.165, 1.54) is 6.07 Å². The number of halogens is 3. The summed E-state index contributed by atoms with van der Waals surface area (Å²) in [5.41, 5.74) is 1.84. The molecule has 2 aromatic carbocycles. The fraction of sp³-hybridized carbons (Fsp3) is 0.0769. The summed E-state index contributed by atoms with van der Waals surface area (Å²) >= 11 is 0. The van der Waals surface area contributed by atoms with Crippen LogP contribution in [0.5, 0.6) is 0 Å². The molecule has 0 atom stereocenters. The van der Waals surface area contributed by atoms with Crippen LogP contribution in [0.3, 0.4) is 0 Å². The lowest BCUT2D eigenvalue weighted by Crippen LogP contribution is -2.12. The third-order valence-electron chi connectivity index (χ3n) is 2.77. The Morgan fingerprint density at radius 2 is 1.56 bits per heavy atom. The minimum absolute atomic E-state index is 0.283. The van der Waals surface area contributed by atoms with E-state index in [4.69, 9.17) is 0 Å². The van der Waals surface area contributed by atoms with E-state index in [1.54, 1.807) is 18.2 Å². The number of hydrogen-bond donors (Lipinski definition) is 0. The van der Waals surface area contributed by atoms with Crippen LogP contribution in [0.15, 0.2) is 36.4 Å². The first kappa shape index (κ1) is 9.46. The van der Waals surface area contributed by atoms with E-state index in [9.17, 15) is 13.2 Å². The number of rotatable bonds is 0. The van der Waals surface area contributed by atoms with Crippen molar-refractivity contribution < 1.29 is 13.2 Å². The van der Waals surface area contributed by atoms with E-state index in [0.717, 1.165) is 5.56 Å². The van der Waals surface area contributed by atoms with Crippen LogP contribution in [0.2, 0.25) is 0 Å². The van der Waals surface area contributed by atoms with Crippen molar-refractivity contribution in [1.82, 2.24) is 0 Å². The van der Waals surface area contributed by atoms with Gasteiger partial charge in [-0.15, -0.1) is 0 Å². The molecule has 0 saturated carbocycles. The molecular formula is C13H6F3. The molecule has 2 aromatic rings. The molecule has 0 aromatic heterocycles. The molecule has 1 aliphatic carbocycles. The first-order chi connectivity index (χ1) is 7.59. The Kier molecular flexibility index (Phi) is 1.70. The Labute approximate surface area is 90.3 Å². The van der Waals surface area contributed by atoms with Crippen molar-refractivity contribution in [2.75, 3.05) is 0 Å². The van der Waals surface area contributed by atoms with Gasteiger partial charge in [0.2, 0.25) is 0 Å². The SMILES string of the molecule is FC(F)(F)c1[c]ccc2c1-c1ccccc1-2. The van der Waals surface area contributed by atoms with E-state index in [0.29, 0.717) is 11.1 Å². The topological polar surface area (TPSA) is 0 Å². The molecule has 0 saturated heterocycles. The lowest BCUT2D eigenvalue weighted by molar-refractivity contribution is -0.137. The summed E-state index contributed by atoms with van der Waals surface area (Å²) in [6, 6.07) is 12.4. The van der Waals surface area contributed by atoms with Gasteiger partial charge in [-0.3, -0.25) is 0 Å². The molecule has 0 fully saturated rings. The molecule has 1 radical (unpaired) electrons. The van der Waals surface area contributed by atoms with E-state index in [2.05, 4.69) is 6.07 Å². The Hall–Kier alpha value is -1.77. The summed E-state index contributed by atoms with van der Waals surface area (Å²) in [6.45, 7) is 0. The zero-order chi connectivity index (χ0) is 11.3. The van der Waals surface area contributed by atoms with Gasteiger partial charge < -0.3 is 0 Å². The van der Waals surface area contributed by atoms with Gasteiger partial charge in [0.25, 0.3) is 0 Å². The summed E-state index contributed by atoms with van der Waals surface area (Å²) in [7, 11) is 0. The molecule has 1 aliphatic rings. The van der Waals surface area contributed by atoms with Crippen LogP contribution in [0.4, 0.5) is 13.2 Å². The van der Waals surface area contributed by atoms with E-state index in [-0.39, 0.29) is 5.56 Å². The maximum atomic E-state index is 12.7. The maximum Gasteiger partial charge on any atom is 0.417 e. The highest BCUT2D eigenvalue weighted by atomic mass is 19.4. The highest BCUT2D eigenvalue weighted by Gasteiger charge is 2.38. The number of benzene rings is 2. The summed E-state index contributed by atoms with van der Waals surface area (Å²) in [6.07, 6.45) is -4.33. The van der Waals surface area contributed by atoms with Crippen LogP contribution >= 0.6 is 0 Å². The van der Waals surface area contributed by atoms with Crippen molar-refractivity contribution >= 4 is 0 Å². The van der Waals surface area contributed by atoms with Crippen molar-refractivity contribution in [3.63, 3.8) is 0 Å². The normalized spacial score (nSPS) is 12.7. The molecule has 0 N–H and O–H groups in total. The Morgan fingerprint density at radius 1 is 0.875 bits per heavy atom. The van der Waals surface area contributed by atoms with E-state index >= 15 is 0 Å². The smallest absolute Gasteiger partial charge is 0.166 e. The Morgan fingerprint density at radius 3 is 2.25 bits per heavy atom. The highest BCUT2D eigenvalue weighted by molar-refractivity contribution is 6.03. The van der Waals surface area contributed by atoms with Gasteiger partial charge >= 0.3 is 6.18 Å². The summed E-state index contributed by atoms with van der Waals surface area (Å²) < 4.78 is 38.2. The van der Waals surface area contributed by atoms with Gasteiger partial charge in [0.15, 0.2) is 0 Å². The number of hydrogen-bond acceptors (Lipinski definition) is 0. The molecule has 0 aliphatic heterocycles. The third kappa shape index (κ3) is 1.11. The molecule has 79 valence electrons. The summed E-state index contributed by atoms with van der Waals surface area (Å²) in [5.74, 6) is 0. The standard InChI is InChI=1S/C13H6F3/c14-13(15,16)11-7-3-6-10-8-4-1-2-5-9(8)12(10)11/h1-6H. The van der Waals surface area contributed by atoms with Crippen molar-refractivity contribution in [3.8, 4) is 22.3 Å². The zero-order valence-corrected chi connectivity index (χ0v) is 8.10. The van der Waals surface area contributed by atoms with Crippen LogP contribution in [-0.2, 0) is 6.18 Å². The van der Waals surface area contributed by atoms with Gasteiger partial charge in [-0.2, -0.15) is 13.2 Å².